The van der Waals surface area contributed by atoms with Crippen LogP contribution in [0.2, 0.25) is 0 Å². The van der Waals surface area contributed by atoms with E-state index >= 15 is 0 Å². The van der Waals surface area contributed by atoms with Crippen molar-refractivity contribution >= 4 is 18.3 Å². The van der Waals surface area contributed by atoms with Crippen molar-refractivity contribution in [2.45, 2.75) is 65.3 Å². The molecule has 4 heteroatoms. The molecule has 3 N–H and O–H groups in total. The maximum atomic E-state index is 11.9. The van der Waals surface area contributed by atoms with Crippen LogP contribution in [0.5, 0.6) is 0 Å². The number of hydrogen-bond acceptors (Lipinski definition) is 2. The molecule has 1 fully saturated rings. The topological polar surface area (TPSA) is 55.1 Å². The Morgan fingerprint density at radius 2 is 1.74 bits per heavy atom. The summed E-state index contributed by atoms with van der Waals surface area (Å²) in [4.78, 5) is 11.9. The van der Waals surface area contributed by atoms with E-state index in [1.165, 1.54) is 32.1 Å². The molecule has 2 atom stereocenters. The number of carbonyl (C=O) groups is 1. The number of carbonyl (C=O) groups excluding carboxylic acids is 1. The zero-order chi connectivity index (χ0) is 13.5. The number of rotatable bonds is 6. The Balaban J connectivity index is 0.00000324. The van der Waals surface area contributed by atoms with E-state index < -0.39 is 0 Å². The van der Waals surface area contributed by atoms with Crippen LogP contribution in [0, 0.1) is 17.8 Å². The molecule has 1 aliphatic carbocycles. The van der Waals surface area contributed by atoms with Crippen molar-refractivity contribution in [1.82, 2.24) is 5.32 Å². The molecule has 0 aliphatic heterocycles. The fourth-order valence-corrected chi connectivity index (χ4v) is 2.72. The number of halogens is 1. The highest BCUT2D eigenvalue weighted by Gasteiger charge is 2.23. The van der Waals surface area contributed by atoms with Crippen molar-refractivity contribution in [3.63, 3.8) is 0 Å². The van der Waals surface area contributed by atoms with Crippen LogP contribution in [0.1, 0.15) is 59.3 Å². The van der Waals surface area contributed by atoms with Gasteiger partial charge in [-0.3, -0.25) is 4.79 Å². The third-order valence-electron chi connectivity index (χ3n) is 4.67. The minimum Gasteiger partial charge on any atom is -0.354 e. The Hall–Kier alpha value is -0.280. The lowest BCUT2D eigenvalue weighted by atomic mass is 9.81. The van der Waals surface area contributed by atoms with Crippen molar-refractivity contribution in [3.05, 3.63) is 0 Å². The first-order valence-electron chi connectivity index (χ1n) is 7.61. The van der Waals surface area contributed by atoms with E-state index in [-0.39, 0.29) is 30.3 Å². The fourth-order valence-electron chi connectivity index (χ4n) is 2.72. The van der Waals surface area contributed by atoms with Gasteiger partial charge in [-0.2, -0.15) is 0 Å². The molecule has 0 aromatic carbocycles. The molecule has 2 unspecified atom stereocenters. The molecule has 0 bridgehead atoms. The molecule has 0 aromatic rings. The molecule has 0 aromatic heterocycles. The van der Waals surface area contributed by atoms with Crippen LogP contribution in [0.15, 0.2) is 0 Å². The van der Waals surface area contributed by atoms with Gasteiger partial charge in [-0.15, -0.1) is 12.4 Å². The van der Waals surface area contributed by atoms with Crippen LogP contribution < -0.4 is 11.1 Å². The quantitative estimate of drug-likeness (QED) is 0.790. The summed E-state index contributed by atoms with van der Waals surface area (Å²) in [7, 11) is 0. The van der Waals surface area contributed by atoms with E-state index in [1.54, 1.807) is 0 Å². The second-order valence-electron chi connectivity index (χ2n) is 5.95. The van der Waals surface area contributed by atoms with Crippen molar-refractivity contribution < 1.29 is 4.79 Å². The monoisotopic (exact) mass is 290 g/mol. The highest BCUT2D eigenvalue weighted by Crippen LogP contribution is 2.30. The fraction of sp³-hybridized carbons (Fsp3) is 0.933. The second-order valence-corrected chi connectivity index (χ2v) is 5.95. The zero-order valence-corrected chi connectivity index (χ0v) is 13.5. The standard InChI is InChI=1S/C15H30N2O.ClH/c1-4-11(3)14(16)15(18)17-10-13-8-6-12(5-2)7-9-13;/h11-14H,4-10,16H2,1-3H3,(H,17,18);1H. The Labute approximate surface area is 124 Å². The Morgan fingerprint density at radius 1 is 1.21 bits per heavy atom. The number of hydrogen-bond donors (Lipinski definition) is 2. The van der Waals surface area contributed by atoms with E-state index in [0.29, 0.717) is 5.92 Å². The van der Waals surface area contributed by atoms with Crippen molar-refractivity contribution in [2.24, 2.45) is 23.5 Å². The maximum Gasteiger partial charge on any atom is 0.237 e. The van der Waals surface area contributed by atoms with Gasteiger partial charge in [0.2, 0.25) is 5.91 Å². The van der Waals surface area contributed by atoms with E-state index in [9.17, 15) is 4.79 Å². The minimum absolute atomic E-state index is 0. The molecule has 1 aliphatic rings. The molecule has 0 heterocycles. The molecule has 0 radical (unpaired) electrons. The van der Waals surface area contributed by atoms with Crippen molar-refractivity contribution in [2.75, 3.05) is 6.54 Å². The summed E-state index contributed by atoms with van der Waals surface area (Å²) in [6, 6.07) is -0.345. The SMILES string of the molecule is CCC1CCC(CNC(=O)C(N)C(C)CC)CC1.Cl. The van der Waals surface area contributed by atoms with Crippen LogP contribution in [-0.2, 0) is 4.79 Å². The van der Waals surface area contributed by atoms with Gasteiger partial charge in [-0.1, -0.05) is 46.5 Å². The molecule has 114 valence electrons. The first-order valence-corrected chi connectivity index (χ1v) is 7.61. The molecular weight excluding hydrogens is 260 g/mol. The predicted molar refractivity (Wildman–Crippen MR) is 83.4 cm³/mol. The van der Waals surface area contributed by atoms with Gasteiger partial charge in [0, 0.05) is 6.54 Å². The molecule has 1 saturated carbocycles. The summed E-state index contributed by atoms with van der Waals surface area (Å²) in [6.45, 7) is 7.21. The number of amides is 1. The molecule has 0 saturated heterocycles. The van der Waals surface area contributed by atoms with E-state index in [0.717, 1.165) is 18.9 Å². The summed E-state index contributed by atoms with van der Waals surface area (Å²) >= 11 is 0. The highest BCUT2D eigenvalue weighted by atomic mass is 35.5. The normalized spacial score (nSPS) is 26.1. The van der Waals surface area contributed by atoms with E-state index in [2.05, 4.69) is 19.2 Å². The average Bonchev–Trinajstić information content (AvgIpc) is 2.43. The lowest BCUT2D eigenvalue weighted by Crippen LogP contribution is -2.46. The predicted octanol–water partition coefficient (Wildman–Crippen LogP) is 3.11. The van der Waals surface area contributed by atoms with Gasteiger partial charge in [0.05, 0.1) is 6.04 Å². The third-order valence-corrected chi connectivity index (χ3v) is 4.67. The Morgan fingerprint density at radius 3 is 2.21 bits per heavy atom. The summed E-state index contributed by atoms with van der Waals surface area (Å²) < 4.78 is 0. The summed E-state index contributed by atoms with van der Waals surface area (Å²) in [5.74, 6) is 1.88. The number of nitrogens with one attached hydrogen (secondary N) is 1. The second kappa shape index (κ2) is 9.60. The van der Waals surface area contributed by atoms with Gasteiger partial charge in [-0.05, 0) is 30.6 Å². The highest BCUT2D eigenvalue weighted by molar-refractivity contribution is 5.85. The van der Waals surface area contributed by atoms with Gasteiger partial charge < -0.3 is 11.1 Å². The van der Waals surface area contributed by atoms with Gasteiger partial charge in [0.1, 0.15) is 0 Å². The molecule has 19 heavy (non-hydrogen) atoms. The molecule has 0 spiro atoms. The van der Waals surface area contributed by atoms with Crippen LogP contribution in [-0.4, -0.2) is 18.5 Å². The average molecular weight is 291 g/mol. The lowest BCUT2D eigenvalue weighted by molar-refractivity contribution is -0.123. The first kappa shape index (κ1) is 18.7. The first-order chi connectivity index (χ1) is 8.58. The van der Waals surface area contributed by atoms with E-state index in [1.807, 2.05) is 6.92 Å². The Kier molecular flexibility index (Phi) is 9.46. The van der Waals surface area contributed by atoms with Crippen LogP contribution in [0.25, 0.3) is 0 Å². The molecule has 3 nitrogen and oxygen atoms in total. The molecule has 1 rings (SSSR count). The van der Waals surface area contributed by atoms with Gasteiger partial charge >= 0.3 is 0 Å². The molecule has 1 amide bonds. The minimum atomic E-state index is -0.345. The summed E-state index contributed by atoms with van der Waals surface area (Å²) in [6.07, 6.45) is 7.44. The van der Waals surface area contributed by atoms with Crippen molar-refractivity contribution in [1.29, 1.82) is 0 Å². The van der Waals surface area contributed by atoms with Crippen LogP contribution >= 0.6 is 12.4 Å². The zero-order valence-electron chi connectivity index (χ0n) is 12.7. The smallest absolute Gasteiger partial charge is 0.237 e. The lowest BCUT2D eigenvalue weighted by Gasteiger charge is -2.28. The maximum absolute atomic E-state index is 11.9. The Bertz CT molecular complexity index is 253. The van der Waals surface area contributed by atoms with E-state index in [4.69, 9.17) is 5.73 Å². The summed E-state index contributed by atoms with van der Waals surface area (Å²) in [5, 5.41) is 3.04. The van der Waals surface area contributed by atoms with Gasteiger partial charge in [0.25, 0.3) is 0 Å². The third kappa shape index (κ3) is 6.13. The largest absolute Gasteiger partial charge is 0.354 e. The number of nitrogens with two attached hydrogens (primary N) is 1. The van der Waals surface area contributed by atoms with Crippen LogP contribution in [0.3, 0.4) is 0 Å². The van der Waals surface area contributed by atoms with Gasteiger partial charge in [0.15, 0.2) is 0 Å². The van der Waals surface area contributed by atoms with Gasteiger partial charge in [-0.25, -0.2) is 0 Å². The van der Waals surface area contributed by atoms with Crippen LogP contribution in [0.4, 0.5) is 0 Å². The summed E-state index contributed by atoms with van der Waals surface area (Å²) in [5.41, 5.74) is 5.92. The molecular formula is C15H31ClN2O. The van der Waals surface area contributed by atoms with Crippen molar-refractivity contribution in [3.8, 4) is 0 Å².